The van der Waals surface area contributed by atoms with Crippen molar-refractivity contribution in [2.75, 3.05) is 0 Å². The number of aliphatic hydroxyl groups excluding tert-OH is 2. The monoisotopic (exact) mass is 406 g/mol. The third-order valence-corrected chi connectivity index (χ3v) is 8.95. The number of carboxylic acid groups (broad SMARTS) is 1. The molecule has 0 aromatic rings. The van der Waals surface area contributed by atoms with Gasteiger partial charge >= 0.3 is 5.97 Å². The number of hydrogen-bond acceptors (Lipinski definition) is 3. The maximum Gasteiger partial charge on any atom is 0.303 e. The Bertz CT molecular complexity index is 587. The molecule has 2 fully saturated rings. The summed E-state index contributed by atoms with van der Waals surface area (Å²) in [6.45, 7) is 6.94. The van der Waals surface area contributed by atoms with Crippen LogP contribution in [0.5, 0.6) is 0 Å². The summed E-state index contributed by atoms with van der Waals surface area (Å²) in [5.41, 5.74) is 0.219. The van der Waals surface area contributed by atoms with E-state index in [2.05, 4.69) is 32.9 Å². The highest BCUT2D eigenvalue weighted by Crippen LogP contribution is 2.62. The van der Waals surface area contributed by atoms with E-state index in [9.17, 15) is 15.0 Å². The van der Waals surface area contributed by atoms with E-state index in [1.807, 2.05) is 0 Å². The second-order valence-corrected chi connectivity index (χ2v) is 10.6. The molecule has 0 heterocycles. The van der Waals surface area contributed by atoms with Gasteiger partial charge in [-0.15, -0.1) is 0 Å². The second-order valence-electron chi connectivity index (χ2n) is 10.6. The summed E-state index contributed by atoms with van der Waals surface area (Å²) in [6.07, 6.45) is 12.8. The molecule has 0 bridgehead atoms. The fraction of sp³-hybridized carbons (Fsp3) is 0.880. The summed E-state index contributed by atoms with van der Waals surface area (Å²) in [5.74, 6) is 2.03. The molecule has 0 aliphatic heterocycles. The molecule has 3 aliphatic carbocycles. The van der Waals surface area contributed by atoms with Crippen LogP contribution in [0.2, 0.25) is 0 Å². The predicted octanol–water partition coefficient (Wildman–Crippen LogP) is 5.03. The molecule has 0 saturated heterocycles. The smallest absolute Gasteiger partial charge is 0.303 e. The summed E-state index contributed by atoms with van der Waals surface area (Å²) >= 11 is 0. The lowest BCUT2D eigenvalue weighted by molar-refractivity contribution is -0.137. The maximum absolute atomic E-state index is 11.4. The molecule has 0 amide bonds. The van der Waals surface area contributed by atoms with Crippen molar-refractivity contribution in [1.29, 1.82) is 0 Å². The number of fused-ring (bicyclic) bond motifs is 1. The molecular formula is C25H42O4. The number of carboxylic acids is 1. The first-order valence-electron chi connectivity index (χ1n) is 12.0. The molecule has 3 rings (SSSR count). The molecule has 3 aliphatic rings. The zero-order valence-corrected chi connectivity index (χ0v) is 18.6. The number of carbonyl (C=O) groups is 1. The number of rotatable bonds is 8. The van der Waals surface area contributed by atoms with Gasteiger partial charge in [0, 0.05) is 6.42 Å². The van der Waals surface area contributed by atoms with Gasteiger partial charge in [-0.1, -0.05) is 39.3 Å². The minimum absolute atomic E-state index is 0.219. The van der Waals surface area contributed by atoms with E-state index in [-0.39, 0.29) is 30.0 Å². The highest BCUT2D eigenvalue weighted by Gasteiger charge is 2.55. The van der Waals surface area contributed by atoms with Gasteiger partial charge < -0.3 is 15.3 Å². The van der Waals surface area contributed by atoms with Crippen LogP contribution in [0.15, 0.2) is 12.2 Å². The Balaban J connectivity index is 1.73. The maximum atomic E-state index is 11.4. The van der Waals surface area contributed by atoms with Gasteiger partial charge in [-0.25, -0.2) is 0 Å². The molecule has 8 unspecified atom stereocenters. The SMILES string of the molecule is CCC1CCC2(C)C(C(C)CCC(=O)O)CCC2C1C(O)CC1C=CC[C@@H](O)C1. The molecule has 29 heavy (non-hydrogen) atoms. The van der Waals surface area contributed by atoms with Crippen molar-refractivity contribution in [3.8, 4) is 0 Å². The van der Waals surface area contributed by atoms with E-state index < -0.39 is 5.97 Å². The average Bonchev–Trinajstić information content (AvgIpc) is 3.02. The van der Waals surface area contributed by atoms with Crippen LogP contribution in [-0.4, -0.2) is 33.5 Å². The van der Waals surface area contributed by atoms with Crippen molar-refractivity contribution < 1.29 is 20.1 Å². The van der Waals surface area contributed by atoms with Crippen LogP contribution >= 0.6 is 0 Å². The minimum atomic E-state index is -0.692. The largest absolute Gasteiger partial charge is 0.481 e. The molecule has 3 N–H and O–H groups in total. The summed E-state index contributed by atoms with van der Waals surface area (Å²) in [5, 5.41) is 30.5. The van der Waals surface area contributed by atoms with E-state index >= 15 is 0 Å². The number of allylic oxidation sites excluding steroid dienone is 1. The minimum Gasteiger partial charge on any atom is -0.481 e. The normalized spacial score (nSPS) is 41.7. The lowest BCUT2D eigenvalue weighted by Gasteiger charge is -2.51. The third kappa shape index (κ3) is 4.90. The summed E-state index contributed by atoms with van der Waals surface area (Å²) in [4.78, 5) is 11.1. The molecule has 0 aromatic carbocycles. The van der Waals surface area contributed by atoms with Crippen LogP contribution in [0.4, 0.5) is 0 Å². The topological polar surface area (TPSA) is 77.8 Å². The molecule has 166 valence electrons. The summed E-state index contributed by atoms with van der Waals surface area (Å²) in [7, 11) is 0. The van der Waals surface area contributed by atoms with Crippen LogP contribution in [0.3, 0.4) is 0 Å². The van der Waals surface area contributed by atoms with Crippen molar-refractivity contribution in [1.82, 2.24) is 0 Å². The van der Waals surface area contributed by atoms with E-state index in [4.69, 9.17) is 5.11 Å². The first-order valence-corrected chi connectivity index (χ1v) is 12.0. The molecule has 4 heteroatoms. The lowest BCUT2D eigenvalue weighted by atomic mass is 9.54. The van der Waals surface area contributed by atoms with Gasteiger partial charge in [0.1, 0.15) is 0 Å². The van der Waals surface area contributed by atoms with Crippen molar-refractivity contribution >= 4 is 5.97 Å². The van der Waals surface area contributed by atoms with Crippen LogP contribution in [0, 0.1) is 40.9 Å². The van der Waals surface area contributed by atoms with Crippen LogP contribution in [0.1, 0.15) is 85.0 Å². The summed E-state index contributed by atoms with van der Waals surface area (Å²) < 4.78 is 0. The Morgan fingerprint density at radius 3 is 2.69 bits per heavy atom. The van der Waals surface area contributed by atoms with E-state index in [1.165, 1.54) is 25.7 Å². The number of aliphatic hydroxyl groups is 2. The molecule has 9 atom stereocenters. The Kier molecular flexibility index (Phi) is 7.48. The molecule has 0 spiro atoms. The predicted molar refractivity (Wildman–Crippen MR) is 115 cm³/mol. The Morgan fingerprint density at radius 1 is 1.28 bits per heavy atom. The van der Waals surface area contributed by atoms with Crippen LogP contribution in [0.25, 0.3) is 0 Å². The molecule has 2 saturated carbocycles. The van der Waals surface area contributed by atoms with Gasteiger partial charge in [-0.05, 0) is 92.3 Å². The van der Waals surface area contributed by atoms with E-state index in [1.54, 1.807) is 0 Å². The van der Waals surface area contributed by atoms with Gasteiger partial charge in [-0.2, -0.15) is 0 Å². The fourth-order valence-electron chi connectivity index (χ4n) is 7.45. The Morgan fingerprint density at radius 2 is 2.03 bits per heavy atom. The highest BCUT2D eigenvalue weighted by molar-refractivity contribution is 5.66. The van der Waals surface area contributed by atoms with Crippen molar-refractivity contribution in [3.63, 3.8) is 0 Å². The van der Waals surface area contributed by atoms with Crippen molar-refractivity contribution in [2.24, 2.45) is 40.9 Å². The second kappa shape index (κ2) is 9.51. The Labute approximate surface area is 176 Å². The van der Waals surface area contributed by atoms with Gasteiger partial charge in [-0.3, -0.25) is 4.79 Å². The third-order valence-electron chi connectivity index (χ3n) is 8.95. The number of hydrogen-bond donors (Lipinski definition) is 3. The van der Waals surface area contributed by atoms with Crippen LogP contribution < -0.4 is 0 Å². The van der Waals surface area contributed by atoms with E-state index in [0.29, 0.717) is 29.6 Å². The quantitative estimate of drug-likeness (QED) is 0.494. The number of aliphatic carboxylic acids is 1. The highest BCUT2D eigenvalue weighted by atomic mass is 16.4. The lowest BCUT2D eigenvalue weighted by Crippen LogP contribution is -2.47. The Hall–Kier alpha value is -0.870. The van der Waals surface area contributed by atoms with E-state index in [0.717, 1.165) is 32.1 Å². The molecule has 0 aromatic heterocycles. The fourth-order valence-corrected chi connectivity index (χ4v) is 7.45. The first-order chi connectivity index (χ1) is 13.8. The standard InChI is InChI=1S/C25H42O4/c1-4-18-12-13-25(3)20(16(2)8-11-23(28)29)9-10-21(25)24(18)22(27)15-17-6-5-7-19(26)14-17/h5-6,16-22,24,26-27H,4,7-15H2,1-3H3,(H,28,29)/t16?,17?,18?,19-,20?,21?,22?,24?,25?/m1/s1. The van der Waals surface area contributed by atoms with Gasteiger partial charge in [0.15, 0.2) is 0 Å². The van der Waals surface area contributed by atoms with Gasteiger partial charge in [0.25, 0.3) is 0 Å². The first kappa shape index (κ1) is 22.8. The average molecular weight is 407 g/mol. The zero-order chi connectivity index (χ0) is 21.2. The van der Waals surface area contributed by atoms with Gasteiger partial charge in [0.05, 0.1) is 12.2 Å². The zero-order valence-electron chi connectivity index (χ0n) is 18.6. The van der Waals surface area contributed by atoms with Crippen molar-refractivity contribution in [3.05, 3.63) is 12.2 Å². The molecular weight excluding hydrogens is 364 g/mol. The van der Waals surface area contributed by atoms with Crippen LogP contribution in [-0.2, 0) is 4.79 Å². The molecule has 0 radical (unpaired) electrons. The van der Waals surface area contributed by atoms with Gasteiger partial charge in [0.2, 0.25) is 0 Å². The molecule has 4 nitrogen and oxygen atoms in total. The summed E-state index contributed by atoms with van der Waals surface area (Å²) in [6, 6.07) is 0. The van der Waals surface area contributed by atoms with Crippen molar-refractivity contribution in [2.45, 2.75) is 97.2 Å².